The third kappa shape index (κ3) is 7.97. The van der Waals surface area contributed by atoms with Crippen molar-refractivity contribution in [2.75, 3.05) is 0 Å². The SMILES string of the molecule is CC(C)(N=[N+]=[N-])c1cnc(OC2CCC2)c2cnc(Cl)cc12.O=C([O-])[O-].[K+].[K+]. The molecule has 1 saturated carbocycles. The average molecular weight is 456 g/mol. The summed E-state index contributed by atoms with van der Waals surface area (Å²) in [5.74, 6) is 0.560. The van der Waals surface area contributed by atoms with Crippen molar-refractivity contribution in [3.63, 3.8) is 0 Å². The largest absolute Gasteiger partial charge is 1.00 e. The fourth-order valence-electron chi connectivity index (χ4n) is 2.48. The van der Waals surface area contributed by atoms with Crippen molar-refractivity contribution in [3.05, 3.63) is 39.6 Å². The van der Waals surface area contributed by atoms with E-state index in [1.54, 1.807) is 18.5 Å². The Morgan fingerprint density at radius 1 is 1.29 bits per heavy atom. The maximum Gasteiger partial charge on any atom is 1.00 e. The summed E-state index contributed by atoms with van der Waals surface area (Å²) in [6.45, 7) is 3.67. The summed E-state index contributed by atoms with van der Waals surface area (Å²) in [5, 5.41) is 22.5. The first-order valence-electron chi connectivity index (χ1n) is 7.80. The summed E-state index contributed by atoms with van der Waals surface area (Å²) in [6, 6.07) is 1.76. The van der Waals surface area contributed by atoms with Crippen LogP contribution >= 0.6 is 11.6 Å². The van der Waals surface area contributed by atoms with Crippen LogP contribution in [0.2, 0.25) is 5.15 Å². The Morgan fingerprint density at radius 3 is 2.39 bits per heavy atom. The normalized spacial score (nSPS) is 12.8. The van der Waals surface area contributed by atoms with Crippen molar-refractivity contribution < 1.29 is 123 Å². The maximum absolute atomic E-state index is 8.78. The van der Waals surface area contributed by atoms with E-state index in [1.807, 2.05) is 13.8 Å². The van der Waals surface area contributed by atoms with Gasteiger partial charge in [-0.3, -0.25) is 0 Å². The number of carbonyl (C=O) groups excluding carboxylic acids is 1. The van der Waals surface area contributed by atoms with E-state index in [-0.39, 0.29) is 109 Å². The quantitative estimate of drug-likeness (QED) is 0.152. The molecule has 1 fully saturated rings. The number of pyridine rings is 2. The number of rotatable bonds is 4. The molecule has 0 saturated heterocycles. The van der Waals surface area contributed by atoms with Crippen LogP contribution in [0.25, 0.3) is 21.2 Å². The third-order valence-corrected chi connectivity index (χ3v) is 4.19. The fourth-order valence-corrected chi connectivity index (χ4v) is 2.64. The molecule has 0 unspecified atom stereocenters. The molecule has 3 rings (SSSR count). The van der Waals surface area contributed by atoms with Crippen molar-refractivity contribution in [1.82, 2.24) is 9.97 Å². The summed E-state index contributed by atoms with van der Waals surface area (Å²) in [6.07, 6.45) is 4.54. The number of azide groups is 1. The molecule has 12 heteroatoms. The topological polar surface area (TPSA) is 147 Å². The smallest absolute Gasteiger partial charge is 0.652 e. The van der Waals surface area contributed by atoms with Gasteiger partial charge in [0.1, 0.15) is 11.3 Å². The van der Waals surface area contributed by atoms with Gasteiger partial charge in [-0.1, -0.05) is 30.6 Å². The molecule has 1 aliphatic rings. The van der Waals surface area contributed by atoms with Gasteiger partial charge in [0.2, 0.25) is 5.88 Å². The van der Waals surface area contributed by atoms with Crippen LogP contribution in [-0.4, -0.2) is 22.2 Å². The van der Waals surface area contributed by atoms with Gasteiger partial charge in [0.25, 0.3) is 0 Å². The predicted molar refractivity (Wildman–Crippen MR) is 90.4 cm³/mol. The molecule has 0 aromatic carbocycles. The van der Waals surface area contributed by atoms with Crippen LogP contribution in [0.5, 0.6) is 5.88 Å². The molecule has 138 valence electrons. The molecule has 1 aliphatic carbocycles. The van der Waals surface area contributed by atoms with Crippen LogP contribution in [0, 0.1) is 0 Å². The number of nitrogens with zero attached hydrogens (tertiary/aromatic N) is 5. The molecule has 2 aromatic heterocycles. The van der Waals surface area contributed by atoms with Crippen LogP contribution in [0.15, 0.2) is 23.6 Å². The second kappa shape index (κ2) is 13.0. The zero-order valence-corrected chi connectivity index (χ0v) is 23.2. The Morgan fingerprint density at radius 2 is 1.89 bits per heavy atom. The molecular weight excluding hydrogens is 440 g/mol. The molecule has 2 aromatic rings. The Hall–Kier alpha value is 0.503. The van der Waals surface area contributed by atoms with Gasteiger partial charge < -0.3 is 19.7 Å². The van der Waals surface area contributed by atoms with Gasteiger partial charge in [-0.25, -0.2) is 9.97 Å². The van der Waals surface area contributed by atoms with Gasteiger partial charge in [0, 0.05) is 17.3 Å². The van der Waals surface area contributed by atoms with E-state index in [4.69, 9.17) is 36.9 Å². The fraction of sp³-hybridized carbons (Fsp3) is 0.438. The average Bonchev–Trinajstić information content (AvgIpc) is 2.49. The number of carboxylic acid groups (broad SMARTS) is 2. The number of halogens is 1. The Balaban J connectivity index is 0.00000111. The molecule has 0 radical (unpaired) electrons. The Labute approximate surface area is 252 Å². The van der Waals surface area contributed by atoms with E-state index in [0.717, 1.165) is 29.2 Å². The first-order chi connectivity index (χ1) is 12.2. The number of carbonyl (C=O) groups is 1. The number of ether oxygens (including phenoxy) is 1. The van der Waals surface area contributed by atoms with E-state index in [1.165, 1.54) is 6.42 Å². The number of fused-ring (bicyclic) bond motifs is 1. The maximum atomic E-state index is 8.78. The second-order valence-corrected chi connectivity index (χ2v) is 6.59. The van der Waals surface area contributed by atoms with E-state index < -0.39 is 11.7 Å². The van der Waals surface area contributed by atoms with Crippen LogP contribution in [-0.2, 0) is 5.54 Å². The summed E-state index contributed by atoms with van der Waals surface area (Å²) in [5.41, 5.74) is 8.84. The summed E-state index contributed by atoms with van der Waals surface area (Å²) >= 11 is 6.04. The van der Waals surface area contributed by atoms with Crippen molar-refractivity contribution in [2.45, 2.75) is 44.8 Å². The van der Waals surface area contributed by atoms with Crippen molar-refractivity contribution in [3.8, 4) is 5.88 Å². The van der Waals surface area contributed by atoms with Gasteiger partial charge in [-0.15, -0.1) is 0 Å². The first kappa shape index (κ1) is 28.5. The van der Waals surface area contributed by atoms with Gasteiger partial charge >= 0.3 is 103 Å². The second-order valence-electron chi connectivity index (χ2n) is 6.20. The molecule has 0 amide bonds. The standard InChI is InChI=1S/C15H16ClN5O.CH2O3.2K/c1-15(2,20-21-17)12-8-19-14(22-9-4-3-5-9)11-7-18-13(16)6-10(11)12;2-1(3)4;;/h6-9H,3-5H2,1-2H3;(H2,2,3,4);;/q;;2*+1/p-2. The van der Waals surface area contributed by atoms with E-state index in [0.29, 0.717) is 11.0 Å². The summed E-state index contributed by atoms with van der Waals surface area (Å²) in [4.78, 5) is 19.8. The molecule has 0 spiro atoms. The molecule has 0 bridgehead atoms. The first-order valence-corrected chi connectivity index (χ1v) is 8.18. The van der Waals surface area contributed by atoms with Gasteiger partial charge in [-0.05, 0) is 48.0 Å². The zero-order valence-electron chi connectivity index (χ0n) is 16.2. The molecule has 2 heterocycles. The minimum Gasteiger partial charge on any atom is -0.652 e. The van der Waals surface area contributed by atoms with Gasteiger partial charge in [0.15, 0.2) is 0 Å². The zero-order chi connectivity index (χ0) is 19.3. The predicted octanol–water partition coefficient (Wildman–Crippen LogP) is -3.68. The van der Waals surface area contributed by atoms with E-state index >= 15 is 0 Å². The molecular formula is C16H16ClK2N5O4. The molecule has 9 nitrogen and oxygen atoms in total. The van der Waals surface area contributed by atoms with Crippen LogP contribution in [0.1, 0.15) is 38.7 Å². The monoisotopic (exact) mass is 455 g/mol. The Bertz CT molecular complexity index is 869. The van der Waals surface area contributed by atoms with Crippen LogP contribution in [0.4, 0.5) is 4.79 Å². The van der Waals surface area contributed by atoms with Crippen molar-refractivity contribution >= 4 is 28.5 Å². The van der Waals surface area contributed by atoms with Gasteiger partial charge in [0.05, 0.1) is 10.9 Å². The molecule has 0 atom stereocenters. The van der Waals surface area contributed by atoms with E-state index in [9.17, 15) is 0 Å². The molecule has 0 N–H and O–H groups in total. The number of hydrogen-bond donors (Lipinski definition) is 0. The minimum atomic E-state index is -2.33. The minimum absolute atomic E-state index is 0. The van der Waals surface area contributed by atoms with Crippen molar-refractivity contribution in [1.29, 1.82) is 0 Å². The Kier molecular flexibility index (Phi) is 13.3. The molecule has 28 heavy (non-hydrogen) atoms. The van der Waals surface area contributed by atoms with Crippen LogP contribution in [0.3, 0.4) is 0 Å². The number of hydrogen-bond acceptors (Lipinski definition) is 7. The van der Waals surface area contributed by atoms with Crippen molar-refractivity contribution in [2.24, 2.45) is 5.11 Å². The van der Waals surface area contributed by atoms with E-state index in [2.05, 4.69) is 20.0 Å². The van der Waals surface area contributed by atoms with Gasteiger partial charge in [-0.2, -0.15) is 0 Å². The summed E-state index contributed by atoms with van der Waals surface area (Å²) < 4.78 is 5.93. The molecule has 0 aliphatic heterocycles. The number of aromatic nitrogens is 2. The summed E-state index contributed by atoms with van der Waals surface area (Å²) in [7, 11) is 0. The van der Waals surface area contributed by atoms with Crippen LogP contribution < -0.4 is 118 Å². The third-order valence-electron chi connectivity index (χ3n) is 3.99.